The molecule has 0 saturated heterocycles. The maximum absolute atomic E-state index is 0. The molecule has 0 heterocycles. The van der Waals surface area contributed by atoms with Crippen molar-refractivity contribution in [2.24, 2.45) is 0 Å². The van der Waals surface area contributed by atoms with Gasteiger partial charge in [0, 0.05) is 0 Å². The van der Waals surface area contributed by atoms with Gasteiger partial charge in [0.15, 0.2) is 0 Å². The van der Waals surface area contributed by atoms with Gasteiger partial charge in [-0.25, -0.2) is 0 Å². The topological polar surface area (TPSA) is 200 Å². The Morgan fingerprint density at radius 1 is 0.308 bits per heavy atom. The summed E-state index contributed by atoms with van der Waals surface area (Å²) in [6.07, 6.45) is 0. The van der Waals surface area contributed by atoms with Crippen molar-refractivity contribution in [3.63, 3.8) is 0 Å². The molecule has 0 aliphatic heterocycles. The molecule has 0 aromatic heterocycles. The van der Waals surface area contributed by atoms with Crippen LogP contribution in [0.1, 0.15) is 0 Å². The van der Waals surface area contributed by atoms with Crippen LogP contribution >= 0.6 is 0 Å². The summed E-state index contributed by atoms with van der Waals surface area (Å²) < 4.78 is 0. The first kappa shape index (κ1) is 439. The van der Waals surface area contributed by atoms with Gasteiger partial charge in [0.05, 0.1) is 0 Å². The molecule has 6 radical (unpaired) electrons. The molecule has 0 saturated carbocycles. The molecular formula is Co2Fe2Mn2O7. The van der Waals surface area contributed by atoms with Crippen LogP contribution in [-0.4, -0.2) is 0 Å². The van der Waals surface area contributed by atoms with Crippen LogP contribution in [0, 0.1) is 0 Å². The van der Waals surface area contributed by atoms with E-state index in [0.717, 1.165) is 0 Å². The predicted octanol–water partition coefficient (Wildman–Crippen LogP) is -0.847. The molecule has 0 aromatic rings. The molecule has 0 atom stereocenters. The Labute approximate surface area is 139 Å². The Morgan fingerprint density at radius 3 is 0.308 bits per heavy atom. The number of hydrogen-bond donors (Lipinski definition) is 0. The molecule has 13 heavy (non-hydrogen) atoms. The quantitative estimate of drug-likeness (QED) is 0.414. The van der Waals surface area contributed by atoms with Gasteiger partial charge >= 0.3 is 102 Å². The van der Waals surface area contributed by atoms with E-state index < -0.39 is 0 Å². The molecule has 13 heteroatoms. The molecule has 0 spiro atoms. The smallest absolute Gasteiger partial charge is 2.00 e. The van der Waals surface area contributed by atoms with Crippen molar-refractivity contribution in [1.82, 2.24) is 0 Å². The average Bonchev–Trinajstić information content (AvgIpc) is 0. The van der Waals surface area contributed by atoms with Gasteiger partial charge < -0.3 is 38.3 Å². The van der Waals surface area contributed by atoms with Crippen LogP contribution in [0.5, 0.6) is 0 Å². The molecule has 0 amide bonds. The molecule has 0 bridgehead atoms. The van der Waals surface area contributed by atoms with Crippen molar-refractivity contribution in [1.29, 1.82) is 0 Å². The standard InChI is InChI=1S/2Co.2Fe.2Mn.7O/q2*+2;2*+3;2*+2;7*-2. The van der Waals surface area contributed by atoms with E-state index in [1.54, 1.807) is 0 Å². The third-order valence-corrected chi connectivity index (χ3v) is 0. The van der Waals surface area contributed by atoms with Gasteiger partial charge in [0.2, 0.25) is 0 Å². The molecule has 0 aromatic carbocycles. The minimum Gasteiger partial charge on any atom is -2.00 e. The Kier molecular flexibility index (Phi) is 12100. The second-order valence-corrected chi connectivity index (χ2v) is 0. The SMILES string of the molecule is [Co+2].[Co+2].[Fe+3].[Fe+3].[Mn+2].[Mn+2].[O-2].[O-2].[O-2].[O-2].[O-2].[O-2].[O-2]. The minimum atomic E-state index is 0. The van der Waals surface area contributed by atoms with Crippen LogP contribution < -0.4 is 0 Å². The van der Waals surface area contributed by atoms with Gasteiger partial charge in [0.1, 0.15) is 0 Å². The largest absolute Gasteiger partial charge is 3.00 e. The summed E-state index contributed by atoms with van der Waals surface area (Å²) in [4.78, 5) is 0. The Balaban J connectivity index is 0. The molecule has 0 aliphatic rings. The van der Waals surface area contributed by atoms with Gasteiger partial charge in [-0.1, -0.05) is 0 Å². The maximum Gasteiger partial charge on any atom is 3.00 e. The molecule has 0 aliphatic carbocycles. The summed E-state index contributed by atoms with van der Waals surface area (Å²) in [6.45, 7) is 0. The van der Waals surface area contributed by atoms with E-state index in [2.05, 4.69) is 0 Å². The van der Waals surface area contributed by atoms with Crippen LogP contribution in [0.15, 0.2) is 0 Å². The zero-order valence-electron chi connectivity index (χ0n) is 4.99. The summed E-state index contributed by atoms with van der Waals surface area (Å²) >= 11 is 0. The molecule has 0 fully saturated rings. The summed E-state index contributed by atoms with van der Waals surface area (Å²) in [5.74, 6) is 0. The normalized spacial score (nSPS) is 0. The van der Waals surface area contributed by atoms with E-state index in [1.165, 1.54) is 0 Å². The zero-order chi connectivity index (χ0) is 0. The van der Waals surface area contributed by atoms with Gasteiger partial charge in [-0.05, 0) is 0 Å². The minimum absolute atomic E-state index is 0. The number of hydrogen-bond acceptors (Lipinski definition) is 0. The summed E-state index contributed by atoms with van der Waals surface area (Å²) in [7, 11) is 0. The summed E-state index contributed by atoms with van der Waals surface area (Å²) in [6, 6.07) is 0. The molecule has 0 unspecified atom stereocenters. The zero-order valence-corrected chi connectivity index (χ0v) is 11.6. The fraction of sp³-hybridized carbons (Fsp3) is 0. The van der Waals surface area contributed by atoms with E-state index in [4.69, 9.17) is 0 Å². The molecule has 90 valence electrons. The van der Waals surface area contributed by atoms with E-state index >= 15 is 0 Å². The average molecular weight is 451 g/mol. The van der Waals surface area contributed by atoms with Gasteiger partial charge in [-0.15, -0.1) is 0 Å². The van der Waals surface area contributed by atoms with Gasteiger partial charge in [-0.3, -0.25) is 0 Å². The third-order valence-electron chi connectivity index (χ3n) is 0. The van der Waals surface area contributed by atoms with Crippen LogP contribution in [0.2, 0.25) is 0 Å². The van der Waals surface area contributed by atoms with Crippen LogP contribution in [-0.2, 0) is 140 Å². The van der Waals surface area contributed by atoms with E-state index in [-0.39, 0.29) is 140 Å². The summed E-state index contributed by atoms with van der Waals surface area (Å²) in [5, 5.41) is 0. The van der Waals surface area contributed by atoms with Crippen LogP contribution in [0.3, 0.4) is 0 Å². The van der Waals surface area contributed by atoms with Crippen molar-refractivity contribution in [2.75, 3.05) is 0 Å². The molecule has 0 N–H and O–H groups in total. The fourth-order valence-electron chi connectivity index (χ4n) is 0. The summed E-state index contributed by atoms with van der Waals surface area (Å²) in [5.41, 5.74) is 0. The second kappa shape index (κ2) is 358. The first-order chi connectivity index (χ1) is 0. The van der Waals surface area contributed by atoms with E-state index in [9.17, 15) is 0 Å². The Hall–Kier alpha value is 2.81. The molecule has 7 nitrogen and oxygen atoms in total. The second-order valence-electron chi connectivity index (χ2n) is 0. The Bertz CT molecular complexity index is 22.5. The van der Waals surface area contributed by atoms with E-state index in [1.807, 2.05) is 0 Å². The van der Waals surface area contributed by atoms with Crippen LogP contribution in [0.4, 0.5) is 0 Å². The molecule has 0 rings (SSSR count). The van der Waals surface area contributed by atoms with Crippen molar-refractivity contribution < 1.29 is 140 Å². The Morgan fingerprint density at radius 2 is 0.308 bits per heavy atom. The van der Waals surface area contributed by atoms with Gasteiger partial charge in [-0.2, -0.15) is 0 Å². The predicted molar refractivity (Wildman–Crippen MR) is 4.81 cm³/mol. The fourth-order valence-corrected chi connectivity index (χ4v) is 0. The van der Waals surface area contributed by atoms with Crippen molar-refractivity contribution >= 4 is 0 Å². The van der Waals surface area contributed by atoms with Gasteiger partial charge in [0.25, 0.3) is 0 Å². The third kappa shape index (κ3) is 308. The first-order valence-electron chi connectivity index (χ1n) is 0. The first-order valence-corrected chi connectivity index (χ1v) is 0. The number of rotatable bonds is 0. The van der Waals surface area contributed by atoms with E-state index in [0.29, 0.717) is 0 Å². The van der Waals surface area contributed by atoms with Crippen molar-refractivity contribution in [3.8, 4) is 0 Å². The monoisotopic (exact) mass is 452 g/mol. The van der Waals surface area contributed by atoms with Crippen LogP contribution in [0.25, 0.3) is 0 Å². The maximum atomic E-state index is 0. The van der Waals surface area contributed by atoms with Crippen molar-refractivity contribution in [3.05, 3.63) is 0 Å². The van der Waals surface area contributed by atoms with Crippen molar-refractivity contribution in [2.45, 2.75) is 0 Å². The molecular weight excluding hydrogens is 451 g/mol.